The Morgan fingerprint density at radius 2 is 1.21 bits per heavy atom. The lowest BCUT2D eigenvalue weighted by molar-refractivity contribution is 1.11. The average Bonchev–Trinajstić information content (AvgIpc) is 3.87. The summed E-state index contributed by atoms with van der Waals surface area (Å²) in [4.78, 5) is 10.9. The molecule has 1 aliphatic rings. The quantitative estimate of drug-likeness (QED) is 0.184. The highest BCUT2D eigenvalue weighted by Gasteiger charge is 2.26. The molecule has 0 saturated carbocycles. The van der Waals surface area contributed by atoms with Crippen molar-refractivity contribution in [1.82, 2.24) is 18.9 Å². The first kappa shape index (κ1) is 24.2. The Balaban J connectivity index is 1.30. The van der Waals surface area contributed by atoms with Crippen molar-refractivity contribution >= 4 is 91.8 Å². The van der Waals surface area contributed by atoms with Crippen LogP contribution in [0.4, 0.5) is 0 Å². The van der Waals surface area contributed by atoms with Crippen molar-refractivity contribution in [3.63, 3.8) is 0 Å². The van der Waals surface area contributed by atoms with Gasteiger partial charge in [-0.3, -0.25) is 8.97 Å². The number of pyridine rings is 2. The van der Waals surface area contributed by atoms with E-state index in [1.165, 1.54) is 69.5 Å². The summed E-state index contributed by atoms with van der Waals surface area (Å²) in [6.45, 7) is 0. The summed E-state index contributed by atoms with van der Waals surface area (Å²) in [5.74, 6) is 0.910. The fourth-order valence-electron chi connectivity index (χ4n) is 8.33. The zero-order valence-corrected chi connectivity index (χ0v) is 25.7. The number of nitrogens with zero attached hydrogens (tertiary/aromatic N) is 4. The van der Waals surface area contributed by atoms with Gasteiger partial charge in [0.1, 0.15) is 17.0 Å². The molecule has 0 atom stereocenters. The van der Waals surface area contributed by atoms with E-state index in [0.29, 0.717) is 0 Å². The topological polar surface area (TPSA) is 35.1 Å². The molecular formula is C42H22N4S. The van der Waals surface area contributed by atoms with Gasteiger partial charge in [-0.1, -0.05) is 97.1 Å². The van der Waals surface area contributed by atoms with E-state index in [0.717, 1.165) is 39.0 Å². The van der Waals surface area contributed by atoms with Crippen LogP contribution in [0.2, 0.25) is 0 Å². The van der Waals surface area contributed by atoms with Gasteiger partial charge >= 0.3 is 0 Å². The van der Waals surface area contributed by atoms with Crippen LogP contribution >= 0.6 is 11.3 Å². The predicted octanol–water partition coefficient (Wildman–Crippen LogP) is 11.3. The first-order valence-corrected chi connectivity index (χ1v) is 16.8. The Labute approximate surface area is 271 Å². The van der Waals surface area contributed by atoms with Gasteiger partial charge in [0, 0.05) is 37.0 Å². The molecule has 4 nitrogen and oxygen atoms in total. The molecule has 0 radical (unpaired) electrons. The van der Waals surface area contributed by atoms with Crippen LogP contribution in [0.15, 0.2) is 133 Å². The first-order chi connectivity index (χ1) is 23.3. The minimum absolute atomic E-state index is 0.910. The summed E-state index contributed by atoms with van der Waals surface area (Å²) in [5.41, 5.74) is 12.6. The molecule has 5 heteroatoms. The molecule has 0 fully saturated rings. The van der Waals surface area contributed by atoms with E-state index in [-0.39, 0.29) is 0 Å². The number of hydrogen-bond donors (Lipinski definition) is 0. The van der Waals surface area contributed by atoms with Gasteiger partial charge in [-0.05, 0) is 58.7 Å². The third kappa shape index (κ3) is 2.90. The fourth-order valence-corrected chi connectivity index (χ4v) is 9.55. The molecule has 47 heavy (non-hydrogen) atoms. The van der Waals surface area contributed by atoms with Crippen molar-refractivity contribution < 1.29 is 0 Å². The van der Waals surface area contributed by atoms with Crippen molar-refractivity contribution in [2.24, 2.45) is 0 Å². The maximum atomic E-state index is 5.56. The number of benzene rings is 6. The standard InChI is InChI=1S/C42H22N4S/c1-2-11-24-23(10-1)26-16-9-17-32-37(26)31(24)22-36(43-32)45-33-18-7-5-12-25(33)27-20-21-34-38(39(27)45)44-42-29-14-4-3-13-28(29)41-40(46(34)42)30-15-6-8-19-35(30)47-41/h1-22H. The predicted molar refractivity (Wildman–Crippen MR) is 197 cm³/mol. The molecule has 0 amide bonds. The number of imidazole rings is 1. The molecule has 0 unspecified atom stereocenters. The number of aromatic nitrogens is 4. The minimum Gasteiger partial charge on any atom is -0.291 e. The fraction of sp³-hybridized carbons (Fsp3) is 0. The van der Waals surface area contributed by atoms with Crippen LogP contribution in [-0.4, -0.2) is 18.9 Å². The maximum Gasteiger partial charge on any atom is 0.146 e. The molecule has 216 valence electrons. The van der Waals surface area contributed by atoms with E-state index in [4.69, 9.17) is 9.97 Å². The highest BCUT2D eigenvalue weighted by molar-refractivity contribution is 7.26. The molecule has 11 aromatic rings. The average molecular weight is 615 g/mol. The van der Waals surface area contributed by atoms with Gasteiger partial charge in [0.2, 0.25) is 0 Å². The van der Waals surface area contributed by atoms with Gasteiger partial charge in [-0.2, -0.15) is 0 Å². The second-order valence-corrected chi connectivity index (χ2v) is 13.6. The van der Waals surface area contributed by atoms with E-state index in [1.807, 2.05) is 11.3 Å². The summed E-state index contributed by atoms with van der Waals surface area (Å²) in [6.07, 6.45) is 0. The third-order valence-corrected chi connectivity index (χ3v) is 11.4. The van der Waals surface area contributed by atoms with E-state index in [1.54, 1.807) is 0 Å². The van der Waals surface area contributed by atoms with Crippen LogP contribution in [0.25, 0.3) is 109 Å². The normalized spacial score (nSPS) is 12.7. The summed E-state index contributed by atoms with van der Waals surface area (Å²) < 4.78 is 7.34. The smallest absolute Gasteiger partial charge is 0.146 e. The second-order valence-electron chi connectivity index (χ2n) is 12.5. The molecule has 1 aliphatic carbocycles. The highest BCUT2D eigenvalue weighted by Crippen LogP contribution is 2.48. The SMILES string of the molecule is c1ccc2c(c1)-c1cccc3nc(-n4c5ccccc5c5ccc6c(nc7c8ccccc8c8sc9ccccc9c8n67)c54)cc-2c13. The summed E-state index contributed by atoms with van der Waals surface area (Å²) >= 11 is 1.87. The molecule has 0 spiro atoms. The van der Waals surface area contributed by atoms with E-state index >= 15 is 0 Å². The molecule has 6 aromatic carbocycles. The van der Waals surface area contributed by atoms with Gasteiger partial charge in [-0.15, -0.1) is 11.3 Å². The van der Waals surface area contributed by atoms with Crippen molar-refractivity contribution in [2.75, 3.05) is 0 Å². The zero-order chi connectivity index (χ0) is 30.4. The Hall–Kier alpha value is -6.04. The summed E-state index contributed by atoms with van der Waals surface area (Å²) in [6, 6.07) is 48.3. The Morgan fingerprint density at radius 1 is 0.489 bits per heavy atom. The molecule has 0 bridgehead atoms. The van der Waals surface area contributed by atoms with Gasteiger partial charge in [0.25, 0.3) is 0 Å². The number of rotatable bonds is 1. The lowest BCUT2D eigenvalue weighted by atomic mass is 10.1. The Kier molecular flexibility index (Phi) is 4.33. The summed E-state index contributed by atoms with van der Waals surface area (Å²) in [5, 5.41) is 7.28. The van der Waals surface area contributed by atoms with Gasteiger partial charge < -0.3 is 0 Å². The molecule has 12 rings (SSSR count). The monoisotopic (exact) mass is 614 g/mol. The van der Waals surface area contributed by atoms with Crippen LogP contribution in [0.3, 0.4) is 0 Å². The van der Waals surface area contributed by atoms with Gasteiger partial charge in [0.05, 0.1) is 32.3 Å². The van der Waals surface area contributed by atoms with Crippen LogP contribution in [0.5, 0.6) is 0 Å². The highest BCUT2D eigenvalue weighted by atomic mass is 32.1. The largest absolute Gasteiger partial charge is 0.291 e. The lowest BCUT2D eigenvalue weighted by Gasteiger charge is -2.11. The summed E-state index contributed by atoms with van der Waals surface area (Å²) in [7, 11) is 0. The van der Waals surface area contributed by atoms with Crippen molar-refractivity contribution in [3.8, 4) is 28.1 Å². The molecule has 0 aliphatic heterocycles. The second kappa shape index (κ2) is 8.40. The lowest BCUT2D eigenvalue weighted by Crippen LogP contribution is -1.99. The molecule has 0 N–H and O–H groups in total. The van der Waals surface area contributed by atoms with E-state index < -0.39 is 0 Å². The molecule has 5 aromatic heterocycles. The van der Waals surface area contributed by atoms with Crippen molar-refractivity contribution in [1.29, 1.82) is 0 Å². The van der Waals surface area contributed by atoms with Crippen molar-refractivity contribution in [3.05, 3.63) is 133 Å². The minimum atomic E-state index is 0.910. The third-order valence-electron chi connectivity index (χ3n) is 10.2. The van der Waals surface area contributed by atoms with E-state index in [2.05, 4.69) is 142 Å². The van der Waals surface area contributed by atoms with Gasteiger partial charge in [0.15, 0.2) is 0 Å². The molecule has 0 saturated heterocycles. The Morgan fingerprint density at radius 3 is 2.11 bits per heavy atom. The van der Waals surface area contributed by atoms with E-state index in [9.17, 15) is 0 Å². The number of para-hydroxylation sites is 1. The molecular weight excluding hydrogens is 593 g/mol. The van der Waals surface area contributed by atoms with Crippen LogP contribution in [0.1, 0.15) is 0 Å². The van der Waals surface area contributed by atoms with Crippen molar-refractivity contribution in [2.45, 2.75) is 0 Å². The van der Waals surface area contributed by atoms with Crippen LogP contribution in [-0.2, 0) is 0 Å². The first-order valence-electron chi connectivity index (χ1n) is 15.9. The van der Waals surface area contributed by atoms with Crippen LogP contribution < -0.4 is 0 Å². The molecule has 5 heterocycles. The number of hydrogen-bond acceptors (Lipinski definition) is 3. The maximum absolute atomic E-state index is 5.56. The van der Waals surface area contributed by atoms with Crippen LogP contribution in [0, 0.1) is 0 Å². The number of thiophene rings is 1. The zero-order valence-electron chi connectivity index (χ0n) is 24.9. The van der Waals surface area contributed by atoms with Gasteiger partial charge in [-0.25, -0.2) is 9.97 Å². The number of fused-ring (bicyclic) bond motifs is 17. The Bertz CT molecular complexity index is 3190.